The molecule has 0 unspecified atom stereocenters. The molecule has 0 aliphatic heterocycles. The second-order valence-corrected chi connectivity index (χ2v) is 6.04. The summed E-state index contributed by atoms with van der Waals surface area (Å²) in [4.78, 5) is 13.0. The summed E-state index contributed by atoms with van der Waals surface area (Å²) in [5, 5.41) is 2.83. The first-order valence-corrected chi connectivity index (χ1v) is 8.30. The summed E-state index contributed by atoms with van der Waals surface area (Å²) in [6.07, 6.45) is 2.00. The smallest absolute Gasteiger partial charge is 0.262 e. The third-order valence-corrected chi connectivity index (χ3v) is 4.17. The van der Waals surface area contributed by atoms with Crippen molar-refractivity contribution in [2.24, 2.45) is 0 Å². The molecule has 0 aliphatic carbocycles. The Morgan fingerprint density at radius 1 is 1.25 bits per heavy atom. The molecule has 0 radical (unpaired) electrons. The third-order valence-electron chi connectivity index (χ3n) is 2.55. The molecule has 1 N–H and O–H groups in total. The lowest BCUT2D eigenvalue weighted by Crippen LogP contribution is -2.20. The highest BCUT2D eigenvalue weighted by molar-refractivity contribution is 14.1. The quantitative estimate of drug-likeness (QED) is 0.610. The summed E-state index contributed by atoms with van der Waals surface area (Å²) in [6.45, 7) is 0.00348. The monoisotopic (exact) mass is 399 g/mol. The lowest BCUT2D eigenvalue weighted by atomic mass is 10.3. The number of carbonyl (C=O) groups is 1. The van der Waals surface area contributed by atoms with Crippen molar-refractivity contribution in [3.05, 3.63) is 52.1 Å². The van der Waals surface area contributed by atoms with E-state index >= 15 is 0 Å². The minimum absolute atomic E-state index is 0.00348. The number of rotatable bonds is 5. The van der Waals surface area contributed by atoms with Gasteiger partial charge in [0.05, 0.1) is 3.57 Å². The number of thioether (sulfide) groups is 1. The molecule has 20 heavy (non-hydrogen) atoms. The summed E-state index contributed by atoms with van der Waals surface area (Å²) >= 11 is 3.82. The van der Waals surface area contributed by atoms with E-state index in [-0.39, 0.29) is 12.5 Å². The van der Waals surface area contributed by atoms with Crippen LogP contribution in [-0.4, -0.2) is 18.8 Å². The van der Waals surface area contributed by atoms with E-state index in [0.29, 0.717) is 0 Å². The molecule has 104 valence electrons. The van der Waals surface area contributed by atoms with Crippen molar-refractivity contribution in [1.82, 2.24) is 0 Å². The fourth-order valence-corrected chi connectivity index (χ4v) is 2.61. The van der Waals surface area contributed by atoms with Crippen LogP contribution in [0.1, 0.15) is 0 Å². The normalized spacial score (nSPS) is 10.1. The second-order valence-electron chi connectivity index (χ2n) is 4.00. The molecule has 5 heteroatoms. The number of hydrogen-bond acceptors (Lipinski definition) is 3. The minimum atomic E-state index is -0.164. The Kier molecular flexibility index (Phi) is 5.72. The summed E-state index contributed by atoms with van der Waals surface area (Å²) < 4.78 is 6.49. The van der Waals surface area contributed by atoms with E-state index in [2.05, 4.69) is 27.9 Å². The van der Waals surface area contributed by atoms with Gasteiger partial charge in [-0.3, -0.25) is 4.79 Å². The maximum atomic E-state index is 11.9. The highest BCUT2D eigenvalue weighted by Crippen LogP contribution is 2.20. The van der Waals surface area contributed by atoms with Crippen LogP contribution in [0.25, 0.3) is 0 Å². The maximum absolute atomic E-state index is 11.9. The van der Waals surface area contributed by atoms with Crippen molar-refractivity contribution >= 4 is 45.9 Å². The van der Waals surface area contributed by atoms with Crippen LogP contribution in [0.5, 0.6) is 5.75 Å². The van der Waals surface area contributed by atoms with Gasteiger partial charge in [-0.05, 0) is 59.2 Å². The summed E-state index contributed by atoms with van der Waals surface area (Å²) in [6, 6.07) is 15.3. The first-order valence-electron chi connectivity index (χ1n) is 6.00. The van der Waals surface area contributed by atoms with Crippen molar-refractivity contribution in [2.75, 3.05) is 18.2 Å². The van der Waals surface area contributed by atoms with Crippen LogP contribution in [0, 0.1) is 3.57 Å². The molecule has 0 aliphatic rings. The first kappa shape index (κ1) is 15.2. The fraction of sp³-hybridized carbons (Fsp3) is 0.133. The first-order chi connectivity index (χ1) is 9.69. The average Bonchev–Trinajstić information content (AvgIpc) is 2.46. The lowest BCUT2D eigenvalue weighted by molar-refractivity contribution is -0.118. The van der Waals surface area contributed by atoms with Crippen molar-refractivity contribution in [3.8, 4) is 5.75 Å². The zero-order valence-electron chi connectivity index (χ0n) is 10.9. The topological polar surface area (TPSA) is 38.3 Å². The van der Waals surface area contributed by atoms with Gasteiger partial charge in [-0.25, -0.2) is 0 Å². The number of para-hydroxylation sites is 1. The molecule has 2 aromatic rings. The van der Waals surface area contributed by atoms with Crippen molar-refractivity contribution < 1.29 is 9.53 Å². The van der Waals surface area contributed by atoms with Gasteiger partial charge in [0.1, 0.15) is 5.75 Å². The molecule has 0 fully saturated rings. The molecule has 3 nitrogen and oxygen atoms in total. The van der Waals surface area contributed by atoms with E-state index in [1.807, 2.05) is 54.8 Å². The van der Waals surface area contributed by atoms with Gasteiger partial charge < -0.3 is 10.1 Å². The Bertz CT molecular complexity index is 604. The molecular formula is C15H14INO2S. The number of nitrogens with one attached hydrogen (secondary N) is 1. The molecule has 0 saturated carbocycles. The highest BCUT2D eigenvalue weighted by Gasteiger charge is 2.06. The fourth-order valence-electron chi connectivity index (χ4n) is 1.60. The minimum Gasteiger partial charge on any atom is -0.483 e. The van der Waals surface area contributed by atoms with Gasteiger partial charge in [0.15, 0.2) is 6.61 Å². The van der Waals surface area contributed by atoms with Crippen LogP contribution in [0.4, 0.5) is 5.69 Å². The average molecular weight is 399 g/mol. The summed E-state index contributed by atoms with van der Waals surface area (Å²) in [5.41, 5.74) is 0.785. The van der Waals surface area contributed by atoms with Crippen molar-refractivity contribution in [1.29, 1.82) is 0 Å². The van der Waals surface area contributed by atoms with Gasteiger partial charge >= 0.3 is 0 Å². The molecule has 0 aromatic heterocycles. The van der Waals surface area contributed by atoms with E-state index in [0.717, 1.165) is 19.9 Å². The van der Waals surface area contributed by atoms with Crippen molar-refractivity contribution in [3.63, 3.8) is 0 Å². The molecule has 0 bridgehead atoms. The Morgan fingerprint density at radius 2 is 2.05 bits per heavy atom. The lowest BCUT2D eigenvalue weighted by Gasteiger charge is -2.09. The van der Waals surface area contributed by atoms with E-state index in [4.69, 9.17) is 4.74 Å². The molecule has 0 atom stereocenters. The van der Waals surface area contributed by atoms with Crippen LogP contribution >= 0.6 is 34.4 Å². The number of carbonyl (C=O) groups excluding carboxylic acids is 1. The second kappa shape index (κ2) is 7.54. The van der Waals surface area contributed by atoms with Crippen molar-refractivity contribution in [2.45, 2.75) is 4.90 Å². The molecular weight excluding hydrogens is 385 g/mol. The Hall–Kier alpha value is -1.21. The predicted molar refractivity (Wildman–Crippen MR) is 91.5 cm³/mol. The van der Waals surface area contributed by atoms with Crippen LogP contribution in [0.3, 0.4) is 0 Å². The van der Waals surface area contributed by atoms with Gasteiger partial charge in [-0.2, -0.15) is 0 Å². The third kappa shape index (κ3) is 4.42. The number of amides is 1. The van der Waals surface area contributed by atoms with E-state index in [9.17, 15) is 4.79 Å². The highest BCUT2D eigenvalue weighted by atomic mass is 127. The van der Waals surface area contributed by atoms with Crippen LogP contribution in [0.15, 0.2) is 53.4 Å². The SMILES string of the molecule is CSc1cccc(NC(=O)COc2ccccc2I)c1. The number of benzene rings is 2. The van der Waals surface area contributed by atoms with Crippen LogP contribution in [0.2, 0.25) is 0 Å². The van der Waals surface area contributed by atoms with E-state index < -0.39 is 0 Å². The Balaban J connectivity index is 1.91. The summed E-state index contributed by atoms with van der Waals surface area (Å²) in [7, 11) is 0. The number of anilines is 1. The zero-order valence-corrected chi connectivity index (χ0v) is 13.9. The summed E-state index contributed by atoms with van der Waals surface area (Å²) in [5.74, 6) is 0.559. The zero-order chi connectivity index (χ0) is 14.4. The number of hydrogen-bond donors (Lipinski definition) is 1. The largest absolute Gasteiger partial charge is 0.483 e. The van der Waals surface area contributed by atoms with Crippen LogP contribution < -0.4 is 10.1 Å². The van der Waals surface area contributed by atoms with Crippen LogP contribution in [-0.2, 0) is 4.79 Å². The molecule has 0 spiro atoms. The molecule has 2 rings (SSSR count). The predicted octanol–water partition coefficient (Wildman–Crippen LogP) is 4.03. The number of ether oxygens (including phenoxy) is 1. The van der Waals surface area contributed by atoms with E-state index in [1.165, 1.54) is 0 Å². The maximum Gasteiger partial charge on any atom is 0.262 e. The van der Waals surface area contributed by atoms with Gasteiger partial charge in [0.2, 0.25) is 0 Å². The Morgan fingerprint density at radius 3 is 2.80 bits per heavy atom. The molecule has 0 saturated heterocycles. The van der Waals surface area contributed by atoms with Gasteiger partial charge in [-0.15, -0.1) is 11.8 Å². The number of halogens is 1. The Labute approximate surface area is 136 Å². The molecule has 0 heterocycles. The molecule has 1 amide bonds. The van der Waals surface area contributed by atoms with Gasteiger partial charge in [0, 0.05) is 10.6 Å². The standard InChI is InChI=1S/C15H14INO2S/c1-20-12-6-4-5-11(9-12)17-15(18)10-19-14-8-3-2-7-13(14)16/h2-9H,10H2,1H3,(H,17,18). The van der Waals surface area contributed by atoms with E-state index in [1.54, 1.807) is 11.8 Å². The van der Waals surface area contributed by atoms with Gasteiger partial charge in [0.25, 0.3) is 5.91 Å². The van der Waals surface area contributed by atoms with Gasteiger partial charge in [-0.1, -0.05) is 18.2 Å². The molecule has 2 aromatic carbocycles.